The molecule has 0 saturated carbocycles. The lowest BCUT2D eigenvalue weighted by molar-refractivity contribution is -0.384. The Hall–Kier alpha value is -3.70. The summed E-state index contributed by atoms with van der Waals surface area (Å²) in [6, 6.07) is 18.0. The summed E-state index contributed by atoms with van der Waals surface area (Å²) >= 11 is 0. The number of rotatable bonds is 6. The number of anilines is 1. The van der Waals surface area contributed by atoms with Crippen molar-refractivity contribution in [2.24, 2.45) is 0 Å². The van der Waals surface area contributed by atoms with Gasteiger partial charge in [-0.05, 0) is 11.6 Å². The fraction of sp³-hybridized carbons (Fsp3) is 0.238. The Bertz CT molecular complexity index is 944. The summed E-state index contributed by atoms with van der Waals surface area (Å²) < 4.78 is 0. The fourth-order valence-corrected chi connectivity index (χ4v) is 3.13. The van der Waals surface area contributed by atoms with E-state index < -0.39 is 4.92 Å². The largest absolute Gasteiger partial charge is 0.360 e. The third-order valence-corrected chi connectivity index (χ3v) is 4.70. The number of benzene rings is 2. The highest BCUT2D eigenvalue weighted by molar-refractivity contribution is 5.97. The number of nitriles is 1. The number of nitro groups is 1. The molecule has 1 fully saturated rings. The van der Waals surface area contributed by atoms with Gasteiger partial charge in [-0.15, -0.1) is 0 Å². The van der Waals surface area contributed by atoms with E-state index >= 15 is 0 Å². The van der Waals surface area contributed by atoms with Gasteiger partial charge in [-0.1, -0.05) is 36.4 Å². The molecule has 1 saturated heterocycles. The number of piperazine rings is 1. The Labute approximate surface area is 168 Å². The molecule has 0 aromatic heterocycles. The summed E-state index contributed by atoms with van der Waals surface area (Å²) in [5.41, 5.74) is 1.56. The zero-order valence-corrected chi connectivity index (χ0v) is 15.8. The van der Waals surface area contributed by atoms with E-state index in [4.69, 9.17) is 0 Å². The standard InChI is InChI=1S/C21H21N5O3/c22-14-18(15-23-19-7-4-8-20(13-19)26(28)29)21(27)25-11-9-24(10-12-25)16-17-5-2-1-3-6-17/h1-8,13,15,23H,9-12,16H2/b18-15-. The first-order valence-electron chi connectivity index (χ1n) is 9.23. The average Bonchev–Trinajstić information content (AvgIpc) is 2.75. The second kappa shape index (κ2) is 9.48. The number of hydrogen-bond donors (Lipinski definition) is 1. The Morgan fingerprint density at radius 1 is 1.14 bits per heavy atom. The lowest BCUT2D eigenvalue weighted by atomic mass is 10.2. The highest BCUT2D eigenvalue weighted by Crippen LogP contribution is 2.17. The van der Waals surface area contributed by atoms with Gasteiger partial charge in [-0.3, -0.25) is 19.8 Å². The number of amides is 1. The van der Waals surface area contributed by atoms with Crippen LogP contribution in [-0.4, -0.2) is 46.8 Å². The molecule has 3 rings (SSSR count). The van der Waals surface area contributed by atoms with E-state index in [9.17, 15) is 20.2 Å². The molecule has 0 atom stereocenters. The van der Waals surface area contributed by atoms with Crippen molar-refractivity contribution in [1.29, 1.82) is 5.26 Å². The second-order valence-electron chi connectivity index (χ2n) is 6.68. The van der Waals surface area contributed by atoms with Crippen LogP contribution in [0.1, 0.15) is 5.56 Å². The van der Waals surface area contributed by atoms with Gasteiger partial charge in [0.15, 0.2) is 0 Å². The predicted molar refractivity (Wildman–Crippen MR) is 109 cm³/mol. The van der Waals surface area contributed by atoms with Gasteiger partial charge in [-0.25, -0.2) is 0 Å². The Morgan fingerprint density at radius 2 is 1.86 bits per heavy atom. The molecule has 2 aromatic carbocycles. The van der Waals surface area contributed by atoms with Crippen molar-refractivity contribution in [2.75, 3.05) is 31.5 Å². The topological polar surface area (TPSA) is 103 Å². The van der Waals surface area contributed by atoms with E-state index in [0.29, 0.717) is 18.8 Å². The van der Waals surface area contributed by atoms with Crippen LogP contribution in [0.25, 0.3) is 0 Å². The maximum atomic E-state index is 12.7. The number of nitrogens with zero attached hydrogens (tertiary/aromatic N) is 4. The Morgan fingerprint density at radius 3 is 2.52 bits per heavy atom. The molecule has 1 heterocycles. The quantitative estimate of drug-likeness (QED) is 0.352. The van der Waals surface area contributed by atoms with Crippen molar-refractivity contribution in [3.8, 4) is 6.07 Å². The van der Waals surface area contributed by atoms with E-state index in [0.717, 1.165) is 19.6 Å². The van der Waals surface area contributed by atoms with Gasteiger partial charge in [0.25, 0.3) is 11.6 Å². The van der Waals surface area contributed by atoms with Gasteiger partial charge in [0, 0.05) is 56.7 Å². The van der Waals surface area contributed by atoms with Crippen molar-refractivity contribution in [3.63, 3.8) is 0 Å². The van der Waals surface area contributed by atoms with Crippen LogP contribution in [0, 0.1) is 21.4 Å². The molecule has 0 aliphatic carbocycles. The lowest BCUT2D eigenvalue weighted by Crippen LogP contribution is -2.48. The van der Waals surface area contributed by atoms with Crippen molar-refractivity contribution >= 4 is 17.3 Å². The minimum absolute atomic E-state index is 0.0342. The number of non-ortho nitro benzene ring substituents is 1. The smallest absolute Gasteiger partial charge is 0.271 e. The number of carbonyl (C=O) groups is 1. The van der Waals surface area contributed by atoms with Crippen molar-refractivity contribution in [3.05, 3.63) is 82.0 Å². The van der Waals surface area contributed by atoms with Crippen LogP contribution in [0.2, 0.25) is 0 Å². The number of nitro benzene ring substituents is 1. The summed E-state index contributed by atoms with van der Waals surface area (Å²) in [4.78, 5) is 26.9. The lowest BCUT2D eigenvalue weighted by Gasteiger charge is -2.34. The minimum atomic E-state index is -0.500. The van der Waals surface area contributed by atoms with Crippen LogP contribution in [0.15, 0.2) is 66.4 Å². The number of nitrogens with one attached hydrogen (secondary N) is 1. The van der Waals surface area contributed by atoms with Gasteiger partial charge >= 0.3 is 0 Å². The molecule has 8 nitrogen and oxygen atoms in total. The first-order chi connectivity index (χ1) is 14.1. The first kappa shape index (κ1) is 20.0. The average molecular weight is 391 g/mol. The minimum Gasteiger partial charge on any atom is -0.360 e. The van der Waals surface area contributed by atoms with Gasteiger partial charge < -0.3 is 10.2 Å². The Kier molecular flexibility index (Phi) is 6.55. The Balaban J connectivity index is 1.57. The molecule has 1 amide bonds. The summed E-state index contributed by atoms with van der Waals surface area (Å²) in [6.07, 6.45) is 1.30. The predicted octanol–water partition coefficient (Wildman–Crippen LogP) is 2.76. The highest BCUT2D eigenvalue weighted by atomic mass is 16.6. The summed E-state index contributed by atoms with van der Waals surface area (Å²) in [7, 11) is 0. The van der Waals surface area contributed by atoms with Crippen LogP contribution in [0.4, 0.5) is 11.4 Å². The van der Waals surface area contributed by atoms with Crippen molar-refractivity contribution < 1.29 is 9.72 Å². The highest BCUT2D eigenvalue weighted by Gasteiger charge is 2.23. The monoisotopic (exact) mass is 391 g/mol. The van der Waals surface area contributed by atoms with Crippen LogP contribution in [0.5, 0.6) is 0 Å². The maximum Gasteiger partial charge on any atom is 0.271 e. The zero-order chi connectivity index (χ0) is 20.6. The summed E-state index contributed by atoms with van der Waals surface area (Å²) in [5.74, 6) is -0.343. The fourth-order valence-electron chi connectivity index (χ4n) is 3.13. The third-order valence-electron chi connectivity index (χ3n) is 4.70. The summed E-state index contributed by atoms with van der Waals surface area (Å²) in [5, 5.41) is 23.0. The molecule has 1 aliphatic heterocycles. The summed E-state index contributed by atoms with van der Waals surface area (Å²) in [6.45, 7) is 3.39. The first-order valence-corrected chi connectivity index (χ1v) is 9.23. The number of carbonyl (C=O) groups excluding carboxylic acids is 1. The third kappa shape index (κ3) is 5.40. The van der Waals surface area contributed by atoms with Gasteiger partial charge in [0.2, 0.25) is 0 Å². The molecule has 148 valence electrons. The molecule has 0 radical (unpaired) electrons. The maximum absolute atomic E-state index is 12.7. The normalized spacial score (nSPS) is 14.9. The molecular weight excluding hydrogens is 370 g/mol. The molecule has 0 spiro atoms. The van der Waals surface area contributed by atoms with E-state index in [1.165, 1.54) is 30.0 Å². The van der Waals surface area contributed by atoms with Gasteiger partial charge in [-0.2, -0.15) is 5.26 Å². The molecule has 1 N–H and O–H groups in total. The molecule has 2 aromatic rings. The van der Waals surface area contributed by atoms with Crippen molar-refractivity contribution in [2.45, 2.75) is 6.54 Å². The molecule has 8 heteroatoms. The van der Waals surface area contributed by atoms with E-state index in [2.05, 4.69) is 22.3 Å². The van der Waals surface area contributed by atoms with Crippen molar-refractivity contribution in [1.82, 2.24) is 9.80 Å². The molecular formula is C21H21N5O3. The molecule has 29 heavy (non-hydrogen) atoms. The van der Waals surface area contributed by atoms with Crippen LogP contribution < -0.4 is 5.32 Å². The van der Waals surface area contributed by atoms with Gasteiger partial charge in [0.05, 0.1) is 4.92 Å². The second-order valence-corrected chi connectivity index (χ2v) is 6.68. The van der Waals surface area contributed by atoms with Gasteiger partial charge in [0.1, 0.15) is 11.6 Å². The van der Waals surface area contributed by atoms with Crippen LogP contribution >= 0.6 is 0 Å². The zero-order valence-electron chi connectivity index (χ0n) is 15.8. The SMILES string of the molecule is N#C/C(=C/Nc1cccc([N+](=O)[O-])c1)C(=O)N1CCN(Cc2ccccc2)CC1. The van der Waals surface area contributed by atoms with E-state index in [-0.39, 0.29) is 17.2 Å². The molecule has 0 unspecified atom stereocenters. The van der Waals surface area contributed by atoms with E-state index in [1.807, 2.05) is 24.3 Å². The van der Waals surface area contributed by atoms with Crippen LogP contribution in [-0.2, 0) is 11.3 Å². The number of hydrogen-bond acceptors (Lipinski definition) is 6. The van der Waals surface area contributed by atoms with Crippen LogP contribution in [0.3, 0.4) is 0 Å². The van der Waals surface area contributed by atoms with E-state index in [1.54, 1.807) is 11.0 Å². The molecule has 1 aliphatic rings. The molecule has 0 bridgehead atoms.